The van der Waals surface area contributed by atoms with Crippen LogP contribution in [0.4, 0.5) is 4.39 Å². The first-order valence-corrected chi connectivity index (χ1v) is 9.56. The summed E-state index contributed by atoms with van der Waals surface area (Å²) in [6.45, 7) is 3.55. The van der Waals surface area contributed by atoms with Gasteiger partial charge in [0.05, 0.1) is 22.8 Å². The van der Waals surface area contributed by atoms with Gasteiger partial charge in [0.2, 0.25) is 0 Å². The van der Waals surface area contributed by atoms with Crippen molar-refractivity contribution in [2.75, 3.05) is 11.5 Å². The fraction of sp³-hybridized carbons (Fsp3) is 0.353. The highest BCUT2D eigenvalue weighted by Gasteiger charge is 2.30. The molecular formula is C17H19FN2O3S. The number of aromatic nitrogens is 1. The molecule has 1 aliphatic rings. The van der Waals surface area contributed by atoms with Crippen molar-refractivity contribution >= 4 is 15.7 Å². The van der Waals surface area contributed by atoms with Gasteiger partial charge in [-0.15, -0.1) is 0 Å². The number of nitrogens with zero attached hydrogens (tertiary/aromatic N) is 1. The molecule has 1 N–H and O–H groups in total. The number of benzene rings is 1. The van der Waals surface area contributed by atoms with E-state index in [-0.39, 0.29) is 29.3 Å². The highest BCUT2D eigenvalue weighted by molar-refractivity contribution is 7.91. The Morgan fingerprint density at radius 1 is 1.29 bits per heavy atom. The first-order chi connectivity index (χ1) is 11.3. The summed E-state index contributed by atoms with van der Waals surface area (Å²) in [7, 11) is -3.05. The number of carbonyl (C=O) groups excluding carboxylic acids is 1. The predicted octanol–water partition coefficient (Wildman–Crippen LogP) is 2.15. The second kappa shape index (κ2) is 6.05. The summed E-state index contributed by atoms with van der Waals surface area (Å²) < 4.78 is 38.8. The van der Waals surface area contributed by atoms with E-state index in [1.807, 2.05) is 0 Å². The summed E-state index contributed by atoms with van der Waals surface area (Å²) in [5.41, 5.74) is 2.17. The maximum Gasteiger partial charge on any atom is 0.253 e. The third kappa shape index (κ3) is 3.08. The molecule has 0 spiro atoms. The molecule has 1 fully saturated rings. The Morgan fingerprint density at radius 2 is 2.00 bits per heavy atom. The Balaban J connectivity index is 1.89. The van der Waals surface area contributed by atoms with Crippen molar-refractivity contribution < 1.29 is 17.6 Å². The molecule has 0 aliphatic carbocycles. The van der Waals surface area contributed by atoms with Crippen molar-refractivity contribution in [2.45, 2.75) is 26.3 Å². The van der Waals surface area contributed by atoms with Crippen molar-refractivity contribution in [3.05, 3.63) is 53.1 Å². The van der Waals surface area contributed by atoms with E-state index in [0.717, 1.165) is 5.69 Å². The van der Waals surface area contributed by atoms with Crippen molar-refractivity contribution in [1.82, 2.24) is 9.88 Å². The summed E-state index contributed by atoms with van der Waals surface area (Å²) in [6, 6.07) is 7.71. The lowest BCUT2D eigenvalue weighted by Crippen LogP contribution is -2.35. The van der Waals surface area contributed by atoms with E-state index in [0.29, 0.717) is 23.4 Å². The molecule has 1 amide bonds. The van der Waals surface area contributed by atoms with E-state index < -0.39 is 9.84 Å². The van der Waals surface area contributed by atoms with Crippen molar-refractivity contribution in [2.24, 2.45) is 0 Å². The quantitative estimate of drug-likeness (QED) is 0.922. The van der Waals surface area contributed by atoms with Gasteiger partial charge < -0.3 is 9.88 Å². The van der Waals surface area contributed by atoms with E-state index in [4.69, 9.17) is 0 Å². The number of hydrogen-bond acceptors (Lipinski definition) is 3. The largest absolute Gasteiger partial charge is 0.348 e. The van der Waals surface area contributed by atoms with Crippen molar-refractivity contribution in [3.63, 3.8) is 0 Å². The Labute approximate surface area is 140 Å². The Morgan fingerprint density at radius 3 is 2.62 bits per heavy atom. The van der Waals surface area contributed by atoms with Crippen LogP contribution in [0.3, 0.4) is 0 Å². The second-order valence-electron chi connectivity index (χ2n) is 6.15. The highest BCUT2D eigenvalue weighted by Crippen LogP contribution is 2.23. The fourth-order valence-electron chi connectivity index (χ4n) is 3.17. The number of para-hydroxylation sites is 1. The summed E-state index contributed by atoms with van der Waals surface area (Å²) in [5, 5.41) is 2.77. The number of rotatable bonds is 3. The van der Waals surface area contributed by atoms with Gasteiger partial charge >= 0.3 is 0 Å². The summed E-state index contributed by atoms with van der Waals surface area (Å²) in [5.74, 6) is -0.613. The average molecular weight is 350 g/mol. The first-order valence-electron chi connectivity index (χ1n) is 7.73. The minimum Gasteiger partial charge on any atom is -0.348 e. The molecule has 0 radical (unpaired) electrons. The van der Waals surface area contributed by atoms with Gasteiger partial charge in [-0.25, -0.2) is 12.8 Å². The van der Waals surface area contributed by atoms with Crippen LogP contribution in [0.15, 0.2) is 30.3 Å². The summed E-state index contributed by atoms with van der Waals surface area (Å²) in [4.78, 5) is 12.5. The topological polar surface area (TPSA) is 68.2 Å². The minimum absolute atomic E-state index is 0.0230. The van der Waals surface area contributed by atoms with Gasteiger partial charge in [0, 0.05) is 17.4 Å². The van der Waals surface area contributed by atoms with Gasteiger partial charge in [-0.1, -0.05) is 12.1 Å². The standard InChI is InChI=1S/C17H19FN2O3S/c1-11-9-14(17(21)19-13-7-8-24(22,23)10-13)12(2)20(11)16-6-4-3-5-15(16)18/h3-6,9,13H,7-8,10H2,1-2H3,(H,19,21). The molecule has 0 saturated carbocycles. The van der Waals surface area contributed by atoms with Crippen LogP contribution in [0.5, 0.6) is 0 Å². The van der Waals surface area contributed by atoms with Gasteiger partial charge in [0.1, 0.15) is 5.82 Å². The van der Waals surface area contributed by atoms with Crippen LogP contribution in [0.1, 0.15) is 28.2 Å². The third-order valence-corrected chi connectivity index (χ3v) is 6.10. The Bertz CT molecular complexity index is 903. The van der Waals surface area contributed by atoms with Gasteiger partial charge in [-0.05, 0) is 38.5 Å². The molecule has 24 heavy (non-hydrogen) atoms. The first kappa shape index (κ1) is 16.7. The van der Waals surface area contributed by atoms with E-state index >= 15 is 0 Å². The maximum atomic E-state index is 14.1. The third-order valence-electron chi connectivity index (χ3n) is 4.34. The van der Waals surface area contributed by atoms with E-state index in [1.54, 1.807) is 42.7 Å². The van der Waals surface area contributed by atoms with Crippen LogP contribution in [0.2, 0.25) is 0 Å². The SMILES string of the molecule is Cc1cc(C(=O)NC2CCS(=O)(=O)C2)c(C)n1-c1ccccc1F. The Hall–Kier alpha value is -2.15. The lowest BCUT2D eigenvalue weighted by Gasteiger charge is -2.12. The molecule has 1 saturated heterocycles. The monoisotopic (exact) mass is 350 g/mol. The lowest BCUT2D eigenvalue weighted by atomic mass is 10.2. The molecule has 1 aromatic heterocycles. The molecule has 2 heterocycles. The van der Waals surface area contributed by atoms with E-state index in [9.17, 15) is 17.6 Å². The zero-order valence-corrected chi connectivity index (χ0v) is 14.4. The second-order valence-corrected chi connectivity index (χ2v) is 8.37. The summed E-state index contributed by atoms with van der Waals surface area (Å²) >= 11 is 0. The molecule has 7 heteroatoms. The van der Waals surface area contributed by atoms with Crippen LogP contribution in [-0.4, -0.2) is 36.4 Å². The van der Waals surface area contributed by atoms with Crippen LogP contribution in [0, 0.1) is 19.7 Å². The van der Waals surface area contributed by atoms with Crippen molar-refractivity contribution in [3.8, 4) is 5.69 Å². The molecule has 5 nitrogen and oxygen atoms in total. The average Bonchev–Trinajstić information content (AvgIpc) is 2.99. The molecule has 1 aromatic carbocycles. The molecule has 3 rings (SSSR count). The smallest absolute Gasteiger partial charge is 0.253 e. The number of nitrogens with one attached hydrogen (secondary N) is 1. The zero-order valence-electron chi connectivity index (χ0n) is 13.5. The van der Waals surface area contributed by atoms with Gasteiger partial charge in [-0.2, -0.15) is 0 Å². The van der Waals surface area contributed by atoms with Crippen LogP contribution < -0.4 is 5.32 Å². The van der Waals surface area contributed by atoms with E-state index in [2.05, 4.69) is 5.32 Å². The van der Waals surface area contributed by atoms with Gasteiger partial charge in [0.15, 0.2) is 9.84 Å². The summed E-state index contributed by atoms with van der Waals surface area (Å²) in [6.07, 6.45) is 0.431. The number of carbonyl (C=O) groups is 1. The molecule has 1 aliphatic heterocycles. The van der Waals surface area contributed by atoms with Gasteiger partial charge in [0.25, 0.3) is 5.91 Å². The molecule has 1 unspecified atom stereocenters. The number of sulfone groups is 1. The molecule has 2 aromatic rings. The number of hydrogen-bond donors (Lipinski definition) is 1. The van der Waals surface area contributed by atoms with Crippen LogP contribution >= 0.6 is 0 Å². The number of aryl methyl sites for hydroxylation is 1. The molecule has 1 atom stereocenters. The van der Waals surface area contributed by atoms with Crippen LogP contribution in [-0.2, 0) is 9.84 Å². The zero-order chi connectivity index (χ0) is 17.5. The number of amides is 1. The van der Waals surface area contributed by atoms with Crippen LogP contribution in [0.25, 0.3) is 5.69 Å². The number of halogens is 1. The molecular weight excluding hydrogens is 331 g/mol. The highest BCUT2D eigenvalue weighted by atomic mass is 32.2. The predicted molar refractivity (Wildman–Crippen MR) is 89.7 cm³/mol. The fourth-order valence-corrected chi connectivity index (χ4v) is 4.84. The normalized spacial score (nSPS) is 19.4. The Kier molecular flexibility index (Phi) is 4.21. The molecule has 128 valence electrons. The lowest BCUT2D eigenvalue weighted by molar-refractivity contribution is 0.0940. The van der Waals surface area contributed by atoms with E-state index in [1.165, 1.54) is 6.07 Å². The molecule has 0 bridgehead atoms. The maximum absolute atomic E-state index is 14.1. The minimum atomic E-state index is -3.05. The van der Waals surface area contributed by atoms with Crippen molar-refractivity contribution in [1.29, 1.82) is 0 Å². The van der Waals surface area contributed by atoms with Gasteiger partial charge in [-0.3, -0.25) is 4.79 Å².